The fourth-order valence-electron chi connectivity index (χ4n) is 3.01. The summed E-state index contributed by atoms with van der Waals surface area (Å²) in [6.45, 7) is 4.14. The van der Waals surface area contributed by atoms with Gasteiger partial charge < -0.3 is 9.80 Å². The number of aryl methyl sites for hydroxylation is 1. The van der Waals surface area contributed by atoms with Gasteiger partial charge in [-0.3, -0.25) is 0 Å². The first-order valence-corrected chi connectivity index (χ1v) is 8.30. The molecule has 0 aliphatic carbocycles. The predicted octanol–water partition coefficient (Wildman–Crippen LogP) is 3.05. The van der Waals surface area contributed by atoms with Gasteiger partial charge in [-0.2, -0.15) is 0 Å². The number of piperidine rings is 1. The minimum Gasteiger partial charge on any atom is -0.355 e. The molecule has 1 aliphatic rings. The van der Waals surface area contributed by atoms with Crippen molar-refractivity contribution in [1.29, 1.82) is 0 Å². The fourth-order valence-corrected chi connectivity index (χ4v) is 3.45. The van der Waals surface area contributed by atoms with E-state index in [9.17, 15) is 0 Å². The first-order chi connectivity index (χ1) is 10.6. The van der Waals surface area contributed by atoms with Crippen LogP contribution in [0.5, 0.6) is 0 Å². The Labute approximate surface area is 139 Å². The number of hydrogen-bond donors (Lipinski definition) is 0. The summed E-state index contributed by atoms with van der Waals surface area (Å²) in [4.78, 5) is 17.6. The minimum absolute atomic E-state index is 0.438. The molecule has 3 heterocycles. The van der Waals surface area contributed by atoms with Crippen LogP contribution in [-0.4, -0.2) is 41.1 Å². The molecule has 2 aromatic rings. The molecule has 0 saturated carbocycles. The van der Waals surface area contributed by atoms with Crippen molar-refractivity contribution in [2.45, 2.75) is 25.8 Å². The topological polar surface area (TPSA) is 45.2 Å². The molecule has 2 aromatic heterocycles. The van der Waals surface area contributed by atoms with Crippen molar-refractivity contribution in [2.24, 2.45) is 0 Å². The van der Waals surface area contributed by atoms with Gasteiger partial charge in [-0.25, -0.2) is 15.0 Å². The highest BCUT2D eigenvalue weighted by Crippen LogP contribution is 2.26. The summed E-state index contributed by atoms with van der Waals surface area (Å²) in [5, 5.41) is 0. The Kier molecular flexibility index (Phi) is 4.57. The van der Waals surface area contributed by atoms with E-state index in [2.05, 4.69) is 60.7 Å². The zero-order valence-corrected chi connectivity index (χ0v) is 14.5. The Morgan fingerprint density at radius 1 is 1.36 bits per heavy atom. The zero-order valence-electron chi connectivity index (χ0n) is 12.9. The normalized spacial score (nSPS) is 18.3. The summed E-state index contributed by atoms with van der Waals surface area (Å²) in [5.74, 6) is 2.06. The molecule has 1 saturated heterocycles. The molecule has 0 amide bonds. The molecular weight excluding hydrogens is 342 g/mol. The summed E-state index contributed by atoms with van der Waals surface area (Å²) in [6.07, 6.45) is 7.61. The number of aromatic nitrogens is 3. The molecule has 0 radical (unpaired) electrons. The van der Waals surface area contributed by atoms with E-state index in [1.807, 2.05) is 12.3 Å². The van der Waals surface area contributed by atoms with Gasteiger partial charge in [0.1, 0.15) is 18.0 Å². The van der Waals surface area contributed by atoms with E-state index in [-0.39, 0.29) is 0 Å². The molecule has 6 heteroatoms. The molecule has 0 N–H and O–H groups in total. The Morgan fingerprint density at radius 2 is 2.23 bits per heavy atom. The van der Waals surface area contributed by atoms with Gasteiger partial charge in [0, 0.05) is 43.0 Å². The molecule has 0 aromatic carbocycles. The Hall–Kier alpha value is -1.69. The van der Waals surface area contributed by atoms with E-state index in [1.54, 1.807) is 12.5 Å². The number of nitrogens with zero attached hydrogens (tertiary/aromatic N) is 5. The van der Waals surface area contributed by atoms with Crippen LogP contribution in [0.2, 0.25) is 0 Å². The highest BCUT2D eigenvalue weighted by atomic mass is 79.9. The number of pyridine rings is 1. The summed E-state index contributed by atoms with van der Waals surface area (Å²) in [5.41, 5.74) is 1.21. The van der Waals surface area contributed by atoms with Crippen LogP contribution in [0.1, 0.15) is 18.4 Å². The van der Waals surface area contributed by atoms with Crippen LogP contribution >= 0.6 is 15.9 Å². The van der Waals surface area contributed by atoms with Crippen LogP contribution in [0.25, 0.3) is 0 Å². The molecule has 3 rings (SSSR count). The van der Waals surface area contributed by atoms with Gasteiger partial charge >= 0.3 is 0 Å². The maximum Gasteiger partial charge on any atom is 0.131 e. The van der Waals surface area contributed by atoms with Crippen LogP contribution in [0.4, 0.5) is 11.6 Å². The SMILES string of the molecule is Cc1cc(Br)cnc1N1CCCC(N(C)c2ccncn2)C1. The van der Waals surface area contributed by atoms with Gasteiger partial charge in [0.05, 0.1) is 0 Å². The van der Waals surface area contributed by atoms with E-state index >= 15 is 0 Å². The summed E-state index contributed by atoms with van der Waals surface area (Å²) < 4.78 is 1.03. The number of hydrogen-bond acceptors (Lipinski definition) is 5. The Bertz CT molecular complexity index is 634. The largest absolute Gasteiger partial charge is 0.355 e. The van der Waals surface area contributed by atoms with Crippen molar-refractivity contribution >= 4 is 27.6 Å². The van der Waals surface area contributed by atoms with Crippen molar-refractivity contribution in [3.05, 3.63) is 40.9 Å². The lowest BCUT2D eigenvalue weighted by Gasteiger charge is -2.39. The second-order valence-electron chi connectivity index (χ2n) is 5.71. The molecule has 5 nitrogen and oxygen atoms in total. The van der Waals surface area contributed by atoms with Gasteiger partial charge in [-0.05, 0) is 53.4 Å². The fraction of sp³-hybridized carbons (Fsp3) is 0.438. The maximum absolute atomic E-state index is 4.60. The third-order valence-electron chi connectivity index (χ3n) is 4.19. The molecule has 0 bridgehead atoms. The van der Waals surface area contributed by atoms with Crippen LogP contribution < -0.4 is 9.80 Å². The maximum atomic E-state index is 4.60. The molecule has 0 spiro atoms. The van der Waals surface area contributed by atoms with Crippen LogP contribution in [0.15, 0.2) is 35.3 Å². The molecule has 1 atom stereocenters. The average Bonchev–Trinajstić information content (AvgIpc) is 2.55. The molecule has 116 valence electrons. The van der Waals surface area contributed by atoms with Gasteiger partial charge in [0.25, 0.3) is 0 Å². The number of anilines is 2. The van der Waals surface area contributed by atoms with Crippen molar-refractivity contribution in [1.82, 2.24) is 15.0 Å². The van der Waals surface area contributed by atoms with Crippen LogP contribution in [0.3, 0.4) is 0 Å². The van der Waals surface area contributed by atoms with Gasteiger partial charge in [0.2, 0.25) is 0 Å². The standard InChI is InChI=1S/C16H20BrN5/c1-12-8-13(17)9-19-16(12)22-7-3-4-14(10-22)21(2)15-5-6-18-11-20-15/h5-6,8-9,11,14H,3-4,7,10H2,1-2H3. The van der Waals surface area contributed by atoms with Crippen LogP contribution in [0, 0.1) is 6.92 Å². The van der Waals surface area contributed by atoms with Gasteiger partial charge in [-0.1, -0.05) is 0 Å². The Morgan fingerprint density at radius 3 is 2.95 bits per heavy atom. The molecule has 1 aliphatic heterocycles. The number of halogens is 1. The van der Waals surface area contributed by atoms with Gasteiger partial charge in [-0.15, -0.1) is 0 Å². The smallest absolute Gasteiger partial charge is 0.131 e. The van der Waals surface area contributed by atoms with Crippen LogP contribution in [-0.2, 0) is 0 Å². The van der Waals surface area contributed by atoms with Crippen molar-refractivity contribution in [2.75, 3.05) is 29.9 Å². The average molecular weight is 362 g/mol. The summed E-state index contributed by atoms with van der Waals surface area (Å²) >= 11 is 3.48. The first kappa shape index (κ1) is 15.2. The highest BCUT2D eigenvalue weighted by molar-refractivity contribution is 9.10. The monoisotopic (exact) mass is 361 g/mol. The summed E-state index contributed by atoms with van der Waals surface area (Å²) in [7, 11) is 2.11. The third kappa shape index (κ3) is 3.21. The van der Waals surface area contributed by atoms with E-state index in [4.69, 9.17) is 0 Å². The number of rotatable bonds is 3. The van der Waals surface area contributed by atoms with E-state index in [0.717, 1.165) is 35.6 Å². The number of likely N-dealkylation sites (N-methyl/N-ethyl adjacent to an activating group) is 1. The van der Waals surface area contributed by atoms with Crippen molar-refractivity contribution in [3.63, 3.8) is 0 Å². The lowest BCUT2D eigenvalue weighted by molar-refractivity contribution is 0.483. The lowest BCUT2D eigenvalue weighted by atomic mass is 10.0. The van der Waals surface area contributed by atoms with Gasteiger partial charge in [0.15, 0.2) is 0 Å². The highest BCUT2D eigenvalue weighted by Gasteiger charge is 2.25. The molecule has 1 unspecified atom stereocenters. The third-order valence-corrected chi connectivity index (χ3v) is 4.62. The van der Waals surface area contributed by atoms with Crippen molar-refractivity contribution < 1.29 is 0 Å². The van der Waals surface area contributed by atoms with E-state index < -0.39 is 0 Å². The first-order valence-electron chi connectivity index (χ1n) is 7.51. The van der Waals surface area contributed by atoms with E-state index in [0.29, 0.717) is 6.04 Å². The predicted molar refractivity (Wildman–Crippen MR) is 92.3 cm³/mol. The minimum atomic E-state index is 0.438. The molecule has 1 fully saturated rings. The summed E-state index contributed by atoms with van der Waals surface area (Å²) in [6, 6.07) is 4.52. The van der Waals surface area contributed by atoms with E-state index in [1.165, 1.54) is 12.0 Å². The zero-order chi connectivity index (χ0) is 15.5. The Balaban J connectivity index is 1.77. The van der Waals surface area contributed by atoms with Crippen molar-refractivity contribution in [3.8, 4) is 0 Å². The second-order valence-corrected chi connectivity index (χ2v) is 6.63. The molecular formula is C16H20BrN5. The molecule has 22 heavy (non-hydrogen) atoms. The lowest BCUT2D eigenvalue weighted by Crippen LogP contribution is -2.47. The second kappa shape index (κ2) is 6.60. The quantitative estimate of drug-likeness (QED) is 0.840.